The number of rotatable bonds is 6. The van der Waals surface area contributed by atoms with Crippen molar-refractivity contribution in [2.75, 3.05) is 31.1 Å². The lowest BCUT2D eigenvalue weighted by Crippen LogP contribution is -2.40. The minimum atomic E-state index is -0.594. The molecule has 0 saturated carbocycles. The van der Waals surface area contributed by atoms with Crippen molar-refractivity contribution in [3.63, 3.8) is 0 Å². The Morgan fingerprint density at radius 3 is 2.39 bits per heavy atom. The fourth-order valence-electron chi connectivity index (χ4n) is 2.29. The molecule has 0 unspecified atom stereocenters. The van der Waals surface area contributed by atoms with Gasteiger partial charge in [0.1, 0.15) is 16.9 Å². The van der Waals surface area contributed by atoms with E-state index in [-0.39, 0.29) is 11.4 Å². The molecular weight excluding hydrogens is 440 g/mol. The van der Waals surface area contributed by atoms with Gasteiger partial charge in [-0.2, -0.15) is 0 Å². The Morgan fingerprint density at radius 2 is 1.86 bits per heavy atom. The Morgan fingerprint density at radius 1 is 1.25 bits per heavy atom. The van der Waals surface area contributed by atoms with Crippen LogP contribution in [0.1, 0.15) is 50.7 Å². The number of aromatic nitrogens is 3. The Labute approximate surface area is 179 Å². The molecule has 8 heteroatoms. The Kier molecular flexibility index (Phi) is 8.96. The first kappa shape index (κ1) is 24.9. The number of fused-ring (bicyclic) bond motifs is 1. The van der Waals surface area contributed by atoms with Crippen molar-refractivity contribution in [2.45, 2.75) is 53.8 Å². The zero-order chi connectivity index (χ0) is 21.7. The summed E-state index contributed by atoms with van der Waals surface area (Å²) in [5.74, 6) is 0.880. The van der Waals surface area contributed by atoms with Crippen molar-refractivity contribution >= 4 is 43.0 Å². The number of ether oxygens (including phenoxy) is 1. The van der Waals surface area contributed by atoms with E-state index in [1.807, 2.05) is 46.1 Å². The maximum atomic E-state index is 12.7. The molecule has 0 saturated heterocycles. The highest BCUT2D eigenvalue weighted by Crippen LogP contribution is 2.33. The van der Waals surface area contributed by atoms with Gasteiger partial charge in [-0.1, -0.05) is 13.8 Å². The number of hydrogen-bond acceptors (Lipinski definition) is 4. The number of amides is 1. The van der Waals surface area contributed by atoms with Gasteiger partial charge in [-0.25, -0.2) is 20.0 Å². The molecule has 0 aromatic carbocycles. The number of nitrogens with one attached hydrogen (secondary N) is 1. The third-order valence-electron chi connectivity index (χ3n) is 3.61. The van der Waals surface area contributed by atoms with Crippen molar-refractivity contribution in [2.24, 2.45) is 0 Å². The van der Waals surface area contributed by atoms with Crippen molar-refractivity contribution < 1.29 is 9.53 Å². The van der Waals surface area contributed by atoms with Gasteiger partial charge < -0.3 is 14.6 Å². The first-order valence-corrected chi connectivity index (χ1v) is 13.3. The Hall–Kier alpha value is -1.12. The van der Waals surface area contributed by atoms with Gasteiger partial charge in [0.2, 0.25) is 0 Å². The zero-order valence-corrected chi connectivity index (χ0v) is 21.0. The molecule has 1 N–H and O–H groups in total. The van der Waals surface area contributed by atoms with Crippen molar-refractivity contribution in [1.29, 1.82) is 0 Å². The normalized spacial score (nSPS) is 12.5. The molecule has 28 heavy (non-hydrogen) atoms. The van der Waals surface area contributed by atoms with Gasteiger partial charge >= 0.3 is 0 Å². The molecule has 2 aromatic rings. The van der Waals surface area contributed by atoms with Crippen LogP contribution >= 0.6 is 26.0 Å². The van der Waals surface area contributed by atoms with Gasteiger partial charge in [-0.05, 0) is 62.4 Å². The van der Waals surface area contributed by atoms with E-state index in [9.17, 15) is 4.79 Å². The monoisotopic (exact) mass is 474 g/mol. The third kappa shape index (κ3) is 7.37. The van der Waals surface area contributed by atoms with Crippen molar-refractivity contribution in [3.05, 3.63) is 22.1 Å². The summed E-state index contributed by atoms with van der Waals surface area (Å²) >= 11 is 3.41. The quantitative estimate of drug-likeness (QED) is 0.614. The van der Waals surface area contributed by atoms with Gasteiger partial charge in [0.25, 0.3) is 5.91 Å². The molecule has 2 rings (SSSR count). The van der Waals surface area contributed by atoms with Crippen LogP contribution in [0, 0.1) is 6.92 Å². The summed E-state index contributed by atoms with van der Waals surface area (Å²) in [7, 11) is -0.594. The third-order valence-corrected chi connectivity index (χ3v) is 5.75. The van der Waals surface area contributed by atoms with Crippen molar-refractivity contribution in [1.82, 2.24) is 19.9 Å². The second-order valence-corrected chi connectivity index (χ2v) is 13.7. The van der Waals surface area contributed by atoms with Crippen LogP contribution < -0.4 is 5.32 Å². The van der Waals surface area contributed by atoms with Crippen LogP contribution in [0.25, 0.3) is 11.2 Å². The van der Waals surface area contributed by atoms with Gasteiger partial charge in [0.05, 0.1) is 17.9 Å². The van der Waals surface area contributed by atoms with Crippen LogP contribution in [-0.4, -0.2) is 57.1 Å². The van der Waals surface area contributed by atoms with Crippen LogP contribution in [0.3, 0.4) is 0 Å². The first-order chi connectivity index (χ1) is 12.9. The minimum absolute atomic E-state index is 0.162. The standard InChI is InChI=1S/C18H29BrN4O2S.C2H6/c1-12-15(19)21-14-13(17(24)22-18(2,3)4)10-23(16(14)20-12)11-25-8-9-26(5,6)7;1-2/h10H,8-9,11H2,1-7H3,(H,22,24);1-2H3. The van der Waals surface area contributed by atoms with Gasteiger partial charge in [-0.15, -0.1) is 0 Å². The molecule has 0 aliphatic carbocycles. The highest BCUT2D eigenvalue weighted by molar-refractivity contribution is 9.10. The zero-order valence-electron chi connectivity index (χ0n) is 18.6. The fraction of sp³-hybridized carbons (Fsp3) is 0.650. The topological polar surface area (TPSA) is 69.0 Å². The lowest BCUT2D eigenvalue weighted by Gasteiger charge is -2.24. The number of halogens is 1. The second-order valence-electron chi connectivity index (χ2n) is 8.32. The molecule has 0 atom stereocenters. The molecule has 2 heterocycles. The largest absolute Gasteiger partial charge is 0.360 e. The molecule has 0 aliphatic rings. The molecule has 1 amide bonds. The van der Waals surface area contributed by atoms with E-state index >= 15 is 0 Å². The lowest BCUT2D eigenvalue weighted by atomic mass is 10.1. The number of aryl methyl sites for hydroxylation is 1. The van der Waals surface area contributed by atoms with Crippen LogP contribution in [0.5, 0.6) is 0 Å². The van der Waals surface area contributed by atoms with Crippen LogP contribution in [0.2, 0.25) is 0 Å². The molecule has 0 radical (unpaired) electrons. The summed E-state index contributed by atoms with van der Waals surface area (Å²) in [4.78, 5) is 21.8. The summed E-state index contributed by atoms with van der Waals surface area (Å²) in [6.07, 6.45) is 8.58. The highest BCUT2D eigenvalue weighted by atomic mass is 79.9. The van der Waals surface area contributed by atoms with Gasteiger partial charge in [0, 0.05) is 17.5 Å². The summed E-state index contributed by atoms with van der Waals surface area (Å²) in [6, 6.07) is 0. The van der Waals surface area contributed by atoms with E-state index in [2.05, 4.69) is 50.0 Å². The molecule has 2 aromatic heterocycles. The predicted molar refractivity (Wildman–Crippen MR) is 125 cm³/mol. The van der Waals surface area contributed by atoms with Crippen LogP contribution in [-0.2, 0) is 11.5 Å². The van der Waals surface area contributed by atoms with E-state index < -0.39 is 10.0 Å². The van der Waals surface area contributed by atoms with E-state index in [0.717, 1.165) is 11.4 Å². The predicted octanol–water partition coefficient (Wildman–Crippen LogP) is 4.72. The molecule has 6 nitrogen and oxygen atoms in total. The number of carbonyl (C=O) groups is 1. The summed E-state index contributed by atoms with van der Waals surface area (Å²) < 4.78 is 8.34. The Balaban J connectivity index is 0.00000190. The molecule has 0 bridgehead atoms. The molecule has 0 aliphatic heterocycles. The highest BCUT2D eigenvalue weighted by Gasteiger charge is 2.22. The van der Waals surface area contributed by atoms with Crippen LogP contribution in [0.4, 0.5) is 0 Å². The summed E-state index contributed by atoms with van der Waals surface area (Å²) in [5, 5.41) is 2.99. The minimum Gasteiger partial charge on any atom is -0.360 e. The number of hydrogen-bond donors (Lipinski definition) is 1. The molecule has 160 valence electrons. The van der Waals surface area contributed by atoms with Crippen molar-refractivity contribution in [3.8, 4) is 0 Å². The van der Waals surface area contributed by atoms with E-state index in [1.165, 1.54) is 0 Å². The molecule has 0 spiro atoms. The summed E-state index contributed by atoms with van der Waals surface area (Å²) in [5.41, 5.74) is 2.20. The Bertz CT molecular complexity index is 807. The second kappa shape index (κ2) is 10.1. The maximum Gasteiger partial charge on any atom is 0.255 e. The molecule has 0 fully saturated rings. The van der Waals surface area contributed by atoms with Crippen LogP contribution in [0.15, 0.2) is 10.8 Å². The SMILES string of the molecule is CC.Cc1nc2c(nc1Br)c(C(=O)NC(C)(C)C)cn2COCCS(C)(C)C. The number of carbonyl (C=O) groups excluding carboxylic acids is 1. The van der Waals surface area contributed by atoms with Gasteiger partial charge in [0.15, 0.2) is 5.65 Å². The lowest BCUT2D eigenvalue weighted by molar-refractivity contribution is 0.0901. The average Bonchev–Trinajstić information content (AvgIpc) is 2.89. The van der Waals surface area contributed by atoms with Gasteiger partial charge in [-0.3, -0.25) is 4.79 Å². The van der Waals surface area contributed by atoms with E-state index in [1.54, 1.807) is 6.20 Å². The average molecular weight is 475 g/mol. The fourth-order valence-corrected chi connectivity index (χ4v) is 3.17. The smallest absolute Gasteiger partial charge is 0.255 e. The van der Waals surface area contributed by atoms with E-state index in [0.29, 0.717) is 34.7 Å². The number of nitrogens with zero attached hydrogens (tertiary/aromatic N) is 3. The first-order valence-electron chi connectivity index (χ1n) is 9.47. The maximum absolute atomic E-state index is 12.7. The summed E-state index contributed by atoms with van der Waals surface area (Å²) in [6.45, 7) is 12.8. The molecular formula is C20H35BrN4O2S. The van der Waals surface area contributed by atoms with E-state index in [4.69, 9.17) is 4.74 Å².